The summed E-state index contributed by atoms with van der Waals surface area (Å²) in [5.74, 6) is 2.78. The summed E-state index contributed by atoms with van der Waals surface area (Å²) in [5, 5.41) is 20.2. The molecule has 1 heterocycles. The third-order valence-corrected chi connectivity index (χ3v) is 5.45. The number of rotatable bonds is 9. The lowest BCUT2D eigenvalue weighted by Gasteiger charge is -2.22. The first-order valence-electron chi connectivity index (χ1n) is 10.9. The van der Waals surface area contributed by atoms with Crippen molar-refractivity contribution in [3.8, 4) is 0 Å². The maximum absolute atomic E-state index is 12.1. The van der Waals surface area contributed by atoms with Gasteiger partial charge in [0.2, 0.25) is 5.91 Å². The quantitative estimate of drug-likeness (QED) is 0.287. The van der Waals surface area contributed by atoms with Gasteiger partial charge in [0.15, 0.2) is 5.96 Å². The molecule has 1 aromatic heterocycles. The number of nitrogens with zero attached hydrogens (tertiary/aromatic N) is 1. The standard InChI is InChI=1S/C22H38N4O3/c1-5-23-21(26-15-22(4,28)19-13-16(2)29-17(19)3)25-12-11-24-20(27)14-18-9-7-6-8-10-18/h13,18,28H,5-12,14-15H2,1-4H3,(H,24,27)(H2,23,25,26). The van der Waals surface area contributed by atoms with Crippen LogP contribution in [0.15, 0.2) is 15.5 Å². The summed E-state index contributed by atoms with van der Waals surface area (Å²) >= 11 is 0. The smallest absolute Gasteiger partial charge is 0.220 e. The molecule has 1 aliphatic carbocycles. The van der Waals surface area contributed by atoms with E-state index in [2.05, 4.69) is 20.9 Å². The third kappa shape index (κ3) is 7.72. The van der Waals surface area contributed by atoms with Gasteiger partial charge in [-0.15, -0.1) is 0 Å². The number of aryl methyl sites for hydroxylation is 2. The molecule has 1 saturated carbocycles. The monoisotopic (exact) mass is 406 g/mol. The Hall–Kier alpha value is -2.02. The molecule has 0 aromatic carbocycles. The molecule has 7 heteroatoms. The van der Waals surface area contributed by atoms with E-state index >= 15 is 0 Å². The SMILES string of the molecule is CCNC(=NCC(C)(O)c1cc(C)oc1C)NCCNC(=O)CC1CCCCC1. The number of nitrogens with one attached hydrogen (secondary N) is 3. The number of amides is 1. The van der Waals surface area contributed by atoms with Crippen LogP contribution in [0.2, 0.25) is 0 Å². The molecule has 0 radical (unpaired) electrons. The largest absolute Gasteiger partial charge is 0.466 e. The molecule has 2 rings (SSSR count). The van der Waals surface area contributed by atoms with Crippen molar-refractivity contribution >= 4 is 11.9 Å². The summed E-state index contributed by atoms with van der Waals surface area (Å²) in [6.45, 7) is 9.49. The van der Waals surface area contributed by atoms with Crippen molar-refractivity contribution in [1.29, 1.82) is 0 Å². The average molecular weight is 407 g/mol. The molecule has 0 saturated heterocycles. The highest BCUT2D eigenvalue weighted by atomic mass is 16.3. The Kier molecular flexibility index (Phi) is 9.01. The normalized spacial score (nSPS) is 17.6. The molecular weight excluding hydrogens is 368 g/mol. The number of furan rings is 1. The third-order valence-electron chi connectivity index (χ3n) is 5.45. The Morgan fingerprint density at radius 1 is 1.21 bits per heavy atom. The van der Waals surface area contributed by atoms with Gasteiger partial charge < -0.3 is 25.5 Å². The molecule has 7 nitrogen and oxygen atoms in total. The van der Waals surface area contributed by atoms with Gasteiger partial charge in [-0.2, -0.15) is 0 Å². The molecule has 4 N–H and O–H groups in total. The number of carbonyl (C=O) groups excluding carboxylic acids is 1. The van der Waals surface area contributed by atoms with Crippen molar-refractivity contribution in [3.05, 3.63) is 23.2 Å². The Labute approximate surface area is 174 Å². The van der Waals surface area contributed by atoms with E-state index < -0.39 is 5.60 Å². The molecule has 0 aliphatic heterocycles. The van der Waals surface area contributed by atoms with Gasteiger partial charge in [0, 0.05) is 31.6 Å². The van der Waals surface area contributed by atoms with E-state index in [-0.39, 0.29) is 12.5 Å². The van der Waals surface area contributed by atoms with E-state index in [1.54, 1.807) is 6.92 Å². The Balaban J connectivity index is 1.78. The molecule has 164 valence electrons. The summed E-state index contributed by atoms with van der Waals surface area (Å²) < 4.78 is 5.53. The van der Waals surface area contributed by atoms with E-state index in [9.17, 15) is 9.90 Å². The second-order valence-electron chi connectivity index (χ2n) is 8.28. The van der Waals surface area contributed by atoms with Crippen molar-refractivity contribution < 1.29 is 14.3 Å². The van der Waals surface area contributed by atoms with Gasteiger partial charge in [-0.3, -0.25) is 4.79 Å². The van der Waals surface area contributed by atoms with Crippen molar-refractivity contribution in [3.63, 3.8) is 0 Å². The van der Waals surface area contributed by atoms with Crippen molar-refractivity contribution in [2.24, 2.45) is 10.9 Å². The minimum Gasteiger partial charge on any atom is -0.466 e. The van der Waals surface area contributed by atoms with Gasteiger partial charge >= 0.3 is 0 Å². The highest BCUT2D eigenvalue weighted by Crippen LogP contribution is 2.27. The summed E-state index contributed by atoms with van der Waals surface area (Å²) in [6.07, 6.45) is 6.81. The predicted octanol–water partition coefficient (Wildman–Crippen LogP) is 2.75. The summed E-state index contributed by atoms with van der Waals surface area (Å²) in [5.41, 5.74) is -0.358. The Morgan fingerprint density at radius 3 is 2.52 bits per heavy atom. The van der Waals surface area contributed by atoms with Crippen LogP contribution in [0.3, 0.4) is 0 Å². The van der Waals surface area contributed by atoms with Crippen molar-refractivity contribution in [2.45, 2.75) is 71.8 Å². The minimum absolute atomic E-state index is 0.134. The zero-order chi connectivity index (χ0) is 21.3. The van der Waals surface area contributed by atoms with E-state index in [1.807, 2.05) is 26.8 Å². The molecule has 1 aliphatic rings. The molecule has 1 fully saturated rings. The van der Waals surface area contributed by atoms with Crippen LogP contribution in [0.4, 0.5) is 0 Å². The lowest BCUT2D eigenvalue weighted by molar-refractivity contribution is -0.122. The van der Waals surface area contributed by atoms with Crippen LogP contribution in [0, 0.1) is 19.8 Å². The second kappa shape index (κ2) is 11.2. The molecule has 0 bridgehead atoms. The van der Waals surface area contributed by atoms with Crippen LogP contribution in [0.5, 0.6) is 0 Å². The first-order valence-corrected chi connectivity index (χ1v) is 10.9. The average Bonchev–Trinajstić information content (AvgIpc) is 3.03. The number of aliphatic imine (C=N–C) groups is 1. The fourth-order valence-electron chi connectivity index (χ4n) is 3.93. The van der Waals surface area contributed by atoms with Crippen LogP contribution >= 0.6 is 0 Å². The summed E-state index contributed by atoms with van der Waals surface area (Å²) in [7, 11) is 0. The fraction of sp³-hybridized carbons (Fsp3) is 0.727. The molecule has 1 atom stereocenters. The molecule has 0 spiro atoms. The topological polar surface area (TPSA) is 98.9 Å². The van der Waals surface area contributed by atoms with E-state index in [0.717, 1.165) is 11.3 Å². The number of guanidine groups is 1. The number of hydrogen-bond donors (Lipinski definition) is 4. The zero-order valence-electron chi connectivity index (χ0n) is 18.4. The number of hydrogen-bond acceptors (Lipinski definition) is 4. The number of aliphatic hydroxyl groups is 1. The highest BCUT2D eigenvalue weighted by molar-refractivity contribution is 5.80. The first-order chi connectivity index (χ1) is 13.8. The molecule has 1 unspecified atom stereocenters. The maximum atomic E-state index is 12.1. The van der Waals surface area contributed by atoms with E-state index in [4.69, 9.17) is 4.42 Å². The van der Waals surface area contributed by atoms with E-state index in [1.165, 1.54) is 32.1 Å². The van der Waals surface area contributed by atoms with Crippen molar-refractivity contribution in [1.82, 2.24) is 16.0 Å². The van der Waals surface area contributed by atoms with Gasteiger partial charge in [-0.1, -0.05) is 19.3 Å². The molecule has 29 heavy (non-hydrogen) atoms. The van der Waals surface area contributed by atoms with Gasteiger partial charge in [-0.05, 0) is 52.5 Å². The lowest BCUT2D eigenvalue weighted by Crippen LogP contribution is -2.42. The minimum atomic E-state index is -1.11. The van der Waals surface area contributed by atoms with Crippen LogP contribution in [-0.4, -0.2) is 43.2 Å². The van der Waals surface area contributed by atoms with Crippen LogP contribution < -0.4 is 16.0 Å². The molecule has 1 aromatic rings. The van der Waals surface area contributed by atoms with Gasteiger partial charge in [0.05, 0.1) is 6.54 Å². The Morgan fingerprint density at radius 2 is 1.90 bits per heavy atom. The summed E-state index contributed by atoms with van der Waals surface area (Å²) in [4.78, 5) is 16.6. The van der Waals surface area contributed by atoms with Crippen LogP contribution in [-0.2, 0) is 10.4 Å². The zero-order valence-corrected chi connectivity index (χ0v) is 18.4. The highest BCUT2D eigenvalue weighted by Gasteiger charge is 2.27. The summed E-state index contributed by atoms with van der Waals surface area (Å²) in [6, 6.07) is 1.85. The first kappa shape index (κ1) is 23.3. The van der Waals surface area contributed by atoms with Gasteiger partial charge in [-0.25, -0.2) is 4.99 Å². The van der Waals surface area contributed by atoms with Crippen LogP contribution in [0.1, 0.15) is 69.5 Å². The van der Waals surface area contributed by atoms with E-state index in [0.29, 0.717) is 43.7 Å². The maximum Gasteiger partial charge on any atom is 0.220 e. The second-order valence-corrected chi connectivity index (χ2v) is 8.28. The fourth-order valence-corrected chi connectivity index (χ4v) is 3.93. The molecular formula is C22H38N4O3. The molecule has 1 amide bonds. The lowest BCUT2D eigenvalue weighted by atomic mass is 9.87. The van der Waals surface area contributed by atoms with Crippen LogP contribution in [0.25, 0.3) is 0 Å². The predicted molar refractivity (Wildman–Crippen MR) is 116 cm³/mol. The van der Waals surface area contributed by atoms with Crippen molar-refractivity contribution in [2.75, 3.05) is 26.2 Å². The Bertz CT molecular complexity index is 676. The van der Waals surface area contributed by atoms with Gasteiger partial charge in [0.25, 0.3) is 0 Å². The number of carbonyl (C=O) groups is 1. The van der Waals surface area contributed by atoms with Gasteiger partial charge in [0.1, 0.15) is 17.1 Å².